The molecular formula is C24H25N3O2. The van der Waals surface area contributed by atoms with Crippen LogP contribution in [0.4, 0.5) is 11.4 Å². The zero-order valence-corrected chi connectivity index (χ0v) is 16.4. The number of benzene rings is 3. The van der Waals surface area contributed by atoms with E-state index in [1.54, 1.807) is 24.3 Å². The lowest BCUT2D eigenvalue weighted by atomic mass is 10.1. The SMILES string of the molecule is CC(NC(=O)c1cccc(NC(=O)CCc2ccc(N)cc2)c1)c1ccccc1. The van der Waals surface area contributed by atoms with Gasteiger partial charge in [0, 0.05) is 23.4 Å². The van der Waals surface area contributed by atoms with Crippen LogP contribution in [0.2, 0.25) is 0 Å². The van der Waals surface area contributed by atoms with E-state index in [4.69, 9.17) is 5.73 Å². The summed E-state index contributed by atoms with van der Waals surface area (Å²) in [5.41, 5.74) is 9.57. The lowest BCUT2D eigenvalue weighted by molar-refractivity contribution is -0.116. The third-order valence-corrected chi connectivity index (χ3v) is 4.68. The van der Waals surface area contributed by atoms with Crippen LogP contribution in [0.3, 0.4) is 0 Å². The fourth-order valence-corrected chi connectivity index (χ4v) is 3.01. The maximum atomic E-state index is 12.6. The van der Waals surface area contributed by atoms with Crippen molar-refractivity contribution < 1.29 is 9.59 Å². The predicted octanol–water partition coefficient (Wildman–Crippen LogP) is 4.33. The van der Waals surface area contributed by atoms with Crippen molar-refractivity contribution in [2.24, 2.45) is 0 Å². The maximum absolute atomic E-state index is 12.6. The fourth-order valence-electron chi connectivity index (χ4n) is 3.01. The first-order valence-electron chi connectivity index (χ1n) is 9.61. The van der Waals surface area contributed by atoms with Crippen LogP contribution in [-0.4, -0.2) is 11.8 Å². The molecule has 5 heteroatoms. The summed E-state index contributed by atoms with van der Waals surface area (Å²) < 4.78 is 0. The Morgan fingerprint density at radius 3 is 2.38 bits per heavy atom. The summed E-state index contributed by atoms with van der Waals surface area (Å²) >= 11 is 0. The molecule has 0 aromatic heterocycles. The Bertz CT molecular complexity index is 969. The molecule has 0 aliphatic carbocycles. The summed E-state index contributed by atoms with van der Waals surface area (Å²) in [5.74, 6) is -0.281. The van der Waals surface area contributed by atoms with Gasteiger partial charge in [0.05, 0.1) is 6.04 Å². The van der Waals surface area contributed by atoms with Crippen LogP contribution in [0.5, 0.6) is 0 Å². The van der Waals surface area contributed by atoms with Gasteiger partial charge in [0.1, 0.15) is 0 Å². The molecule has 0 aliphatic heterocycles. The van der Waals surface area contributed by atoms with E-state index in [2.05, 4.69) is 10.6 Å². The molecule has 1 atom stereocenters. The lowest BCUT2D eigenvalue weighted by Gasteiger charge is -2.15. The Morgan fingerprint density at radius 2 is 1.66 bits per heavy atom. The topological polar surface area (TPSA) is 84.2 Å². The molecule has 0 saturated heterocycles. The van der Waals surface area contributed by atoms with Gasteiger partial charge in [0.25, 0.3) is 5.91 Å². The summed E-state index contributed by atoms with van der Waals surface area (Å²) in [6, 6.07) is 24.1. The van der Waals surface area contributed by atoms with E-state index in [-0.39, 0.29) is 17.9 Å². The van der Waals surface area contributed by atoms with Gasteiger partial charge in [-0.2, -0.15) is 0 Å². The van der Waals surface area contributed by atoms with Gasteiger partial charge >= 0.3 is 0 Å². The van der Waals surface area contributed by atoms with E-state index in [1.165, 1.54) is 0 Å². The van der Waals surface area contributed by atoms with E-state index in [0.29, 0.717) is 29.8 Å². The van der Waals surface area contributed by atoms with Crippen molar-refractivity contribution in [1.29, 1.82) is 0 Å². The molecule has 4 N–H and O–H groups in total. The second-order valence-electron chi connectivity index (χ2n) is 6.98. The Balaban J connectivity index is 1.56. The summed E-state index contributed by atoms with van der Waals surface area (Å²) in [6.07, 6.45) is 0.978. The van der Waals surface area contributed by atoms with Crippen molar-refractivity contribution in [3.63, 3.8) is 0 Å². The molecule has 0 fully saturated rings. The molecule has 2 amide bonds. The molecular weight excluding hydrogens is 362 g/mol. The van der Waals surface area contributed by atoms with E-state index in [0.717, 1.165) is 11.1 Å². The Morgan fingerprint density at radius 1 is 0.931 bits per heavy atom. The van der Waals surface area contributed by atoms with Crippen molar-refractivity contribution in [2.75, 3.05) is 11.1 Å². The highest BCUT2D eigenvalue weighted by molar-refractivity contribution is 5.97. The highest BCUT2D eigenvalue weighted by Crippen LogP contribution is 2.15. The van der Waals surface area contributed by atoms with Crippen molar-refractivity contribution in [2.45, 2.75) is 25.8 Å². The molecule has 1 unspecified atom stereocenters. The number of carbonyl (C=O) groups is 2. The minimum absolute atomic E-state index is 0.1000. The zero-order valence-electron chi connectivity index (χ0n) is 16.4. The normalized spacial score (nSPS) is 11.5. The minimum atomic E-state index is -0.181. The summed E-state index contributed by atoms with van der Waals surface area (Å²) in [6.45, 7) is 1.94. The first-order valence-corrected chi connectivity index (χ1v) is 9.61. The maximum Gasteiger partial charge on any atom is 0.251 e. The highest BCUT2D eigenvalue weighted by Gasteiger charge is 2.12. The number of amides is 2. The van der Waals surface area contributed by atoms with Gasteiger partial charge in [-0.3, -0.25) is 9.59 Å². The van der Waals surface area contributed by atoms with E-state index in [1.807, 2.05) is 61.5 Å². The van der Waals surface area contributed by atoms with Crippen LogP contribution < -0.4 is 16.4 Å². The third kappa shape index (κ3) is 5.94. The molecule has 0 heterocycles. The number of hydrogen-bond acceptors (Lipinski definition) is 3. The number of rotatable bonds is 7. The smallest absolute Gasteiger partial charge is 0.251 e. The van der Waals surface area contributed by atoms with E-state index in [9.17, 15) is 9.59 Å². The number of anilines is 2. The highest BCUT2D eigenvalue weighted by atomic mass is 16.2. The largest absolute Gasteiger partial charge is 0.399 e. The van der Waals surface area contributed by atoms with Gasteiger partial charge in [-0.05, 0) is 54.8 Å². The minimum Gasteiger partial charge on any atom is -0.399 e. The molecule has 0 saturated carbocycles. The monoisotopic (exact) mass is 387 g/mol. The number of carbonyl (C=O) groups excluding carboxylic acids is 2. The number of nitrogens with two attached hydrogens (primary N) is 1. The van der Waals surface area contributed by atoms with Gasteiger partial charge in [0.15, 0.2) is 0 Å². The van der Waals surface area contributed by atoms with Crippen molar-refractivity contribution in [1.82, 2.24) is 5.32 Å². The van der Waals surface area contributed by atoms with Gasteiger partial charge in [-0.25, -0.2) is 0 Å². The van der Waals surface area contributed by atoms with Crippen LogP contribution in [0.15, 0.2) is 78.9 Å². The van der Waals surface area contributed by atoms with E-state index < -0.39 is 0 Å². The van der Waals surface area contributed by atoms with Crippen LogP contribution in [-0.2, 0) is 11.2 Å². The molecule has 0 aliphatic rings. The molecule has 3 aromatic rings. The van der Waals surface area contributed by atoms with Crippen molar-refractivity contribution in [3.05, 3.63) is 95.6 Å². The van der Waals surface area contributed by atoms with Gasteiger partial charge in [-0.15, -0.1) is 0 Å². The van der Waals surface area contributed by atoms with Gasteiger partial charge < -0.3 is 16.4 Å². The Kier molecular flexibility index (Phi) is 6.63. The summed E-state index contributed by atoms with van der Waals surface area (Å²) in [5, 5.41) is 5.84. The van der Waals surface area contributed by atoms with Crippen molar-refractivity contribution in [3.8, 4) is 0 Å². The number of aryl methyl sites for hydroxylation is 1. The first kappa shape index (κ1) is 20.1. The predicted molar refractivity (Wildman–Crippen MR) is 117 cm³/mol. The lowest BCUT2D eigenvalue weighted by Crippen LogP contribution is -2.26. The van der Waals surface area contributed by atoms with E-state index >= 15 is 0 Å². The van der Waals surface area contributed by atoms with Crippen LogP contribution >= 0.6 is 0 Å². The van der Waals surface area contributed by atoms with Crippen LogP contribution in [0.1, 0.15) is 40.9 Å². The number of hydrogen-bond donors (Lipinski definition) is 3. The molecule has 0 bridgehead atoms. The molecule has 148 valence electrons. The summed E-state index contributed by atoms with van der Waals surface area (Å²) in [7, 11) is 0. The van der Waals surface area contributed by atoms with Crippen LogP contribution in [0, 0.1) is 0 Å². The van der Waals surface area contributed by atoms with Crippen LogP contribution in [0.25, 0.3) is 0 Å². The molecule has 0 radical (unpaired) electrons. The molecule has 5 nitrogen and oxygen atoms in total. The average Bonchev–Trinajstić information content (AvgIpc) is 2.74. The average molecular weight is 387 g/mol. The Hall–Kier alpha value is -3.60. The molecule has 0 spiro atoms. The van der Waals surface area contributed by atoms with Crippen molar-refractivity contribution >= 4 is 23.2 Å². The fraction of sp³-hybridized carbons (Fsp3) is 0.167. The number of nitrogens with one attached hydrogen (secondary N) is 2. The first-order chi connectivity index (χ1) is 14.0. The summed E-state index contributed by atoms with van der Waals surface area (Å²) in [4.78, 5) is 24.8. The number of nitrogen functional groups attached to an aromatic ring is 1. The van der Waals surface area contributed by atoms with Gasteiger partial charge in [-0.1, -0.05) is 48.5 Å². The molecule has 29 heavy (non-hydrogen) atoms. The molecule has 3 aromatic carbocycles. The molecule has 3 rings (SSSR count). The third-order valence-electron chi connectivity index (χ3n) is 4.68. The zero-order chi connectivity index (χ0) is 20.6. The Labute approximate surface area is 170 Å². The standard InChI is InChI=1S/C24H25N3O2/c1-17(19-6-3-2-4-7-19)26-24(29)20-8-5-9-22(16-20)27-23(28)15-12-18-10-13-21(25)14-11-18/h2-11,13-14,16-17H,12,15,25H2,1H3,(H,26,29)(H,27,28). The quantitative estimate of drug-likeness (QED) is 0.528. The second-order valence-corrected chi connectivity index (χ2v) is 6.98. The van der Waals surface area contributed by atoms with Gasteiger partial charge in [0.2, 0.25) is 5.91 Å². The second kappa shape index (κ2) is 9.55.